The van der Waals surface area contributed by atoms with Crippen molar-refractivity contribution < 1.29 is 18.5 Å². The number of anilines is 1. The van der Waals surface area contributed by atoms with Gasteiger partial charge in [-0.3, -0.25) is 14.9 Å². The molecule has 0 saturated carbocycles. The van der Waals surface area contributed by atoms with Crippen LogP contribution in [0.15, 0.2) is 12.1 Å². The molecule has 6 nitrogen and oxygen atoms in total. The molecule has 102 valence electrons. The highest BCUT2D eigenvalue weighted by Gasteiger charge is 2.28. The minimum Gasteiger partial charge on any atom is -0.318 e. The first-order valence-corrected chi connectivity index (χ1v) is 5.64. The Hall–Kier alpha value is -2.09. The van der Waals surface area contributed by atoms with Gasteiger partial charge in [0.1, 0.15) is 0 Å². The zero-order chi connectivity index (χ0) is 14.0. The van der Waals surface area contributed by atoms with Crippen molar-refractivity contribution in [3.8, 4) is 0 Å². The molecule has 1 aromatic rings. The molecule has 19 heavy (non-hydrogen) atoms. The number of hydrogen-bond acceptors (Lipinski definition) is 4. The van der Waals surface area contributed by atoms with Gasteiger partial charge in [0, 0.05) is 12.6 Å². The summed E-state index contributed by atoms with van der Waals surface area (Å²) in [5, 5.41) is 15.8. The third-order valence-corrected chi connectivity index (χ3v) is 2.95. The number of rotatable bonds is 3. The Morgan fingerprint density at radius 1 is 1.47 bits per heavy atom. The average Bonchev–Trinajstić information content (AvgIpc) is 2.88. The van der Waals surface area contributed by atoms with E-state index in [2.05, 4.69) is 10.6 Å². The van der Waals surface area contributed by atoms with E-state index in [1.165, 1.54) is 0 Å². The molecule has 1 amide bonds. The number of carbonyl (C=O) groups is 1. The Morgan fingerprint density at radius 3 is 2.79 bits per heavy atom. The van der Waals surface area contributed by atoms with Crippen LogP contribution in [0.2, 0.25) is 0 Å². The summed E-state index contributed by atoms with van der Waals surface area (Å²) in [6.07, 6.45) is 0.552. The second-order valence-corrected chi connectivity index (χ2v) is 4.19. The molecule has 0 aromatic heterocycles. The SMILES string of the molecule is O=C(Nc1c([N+](=O)[O-])ccc(F)c1F)C1CCNC1. The van der Waals surface area contributed by atoms with Gasteiger partial charge in [0.15, 0.2) is 17.3 Å². The average molecular weight is 271 g/mol. The lowest BCUT2D eigenvalue weighted by Gasteiger charge is -2.11. The molecular weight excluding hydrogens is 260 g/mol. The van der Waals surface area contributed by atoms with Crippen molar-refractivity contribution in [3.63, 3.8) is 0 Å². The second kappa shape index (κ2) is 5.27. The molecule has 1 aromatic carbocycles. The molecule has 1 heterocycles. The van der Waals surface area contributed by atoms with Crippen LogP contribution in [0.4, 0.5) is 20.2 Å². The van der Waals surface area contributed by atoms with E-state index in [1.54, 1.807) is 0 Å². The fraction of sp³-hybridized carbons (Fsp3) is 0.364. The van der Waals surface area contributed by atoms with Crippen molar-refractivity contribution in [2.75, 3.05) is 18.4 Å². The van der Waals surface area contributed by atoms with E-state index < -0.39 is 39.8 Å². The van der Waals surface area contributed by atoms with Gasteiger partial charge < -0.3 is 10.6 Å². The Kier molecular flexibility index (Phi) is 3.70. The van der Waals surface area contributed by atoms with Crippen LogP contribution in [-0.4, -0.2) is 23.9 Å². The van der Waals surface area contributed by atoms with Crippen LogP contribution in [-0.2, 0) is 4.79 Å². The normalized spacial score (nSPS) is 18.3. The number of benzene rings is 1. The first kappa shape index (κ1) is 13.3. The summed E-state index contributed by atoms with van der Waals surface area (Å²) in [7, 11) is 0. The molecule has 0 radical (unpaired) electrons. The number of halogens is 2. The standard InChI is InChI=1S/C11H11F2N3O3/c12-7-1-2-8(16(18)19)10(9(7)13)15-11(17)6-3-4-14-5-6/h1-2,6,14H,3-5H2,(H,15,17). The minimum absolute atomic E-state index is 0.401. The molecule has 0 aliphatic carbocycles. The van der Waals surface area contributed by atoms with E-state index in [0.717, 1.165) is 6.07 Å². The third kappa shape index (κ3) is 2.68. The van der Waals surface area contributed by atoms with E-state index in [4.69, 9.17) is 0 Å². The van der Waals surface area contributed by atoms with Crippen molar-refractivity contribution in [1.29, 1.82) is 0 Å². The lowest BCUT2D eigenvalue weighted by Crippen LogP contribution is -2.25. The minimum atomic E-state index is -1.42. The maximum Gasteiger partial charge on any atom is 0.296 e. The summed E-state index contributed by atoms with van der Waals surface area (Å²) in [4.78, 5) is 21.7. The van der Waals surface area contributed by atoms with Gasteiger partial charge in [-0.1, -0.05) is 0 Å². The predicted octanol–water partition coefficient (Wildman–Crippen LogP) is 1.42. The van der Waals surface area contributed by atoms with Crippen LogP contribution < -0.4 is 10.6 Å². The van der Waals surface area contributed by atoms with Gasteiger partial charge in [0.2, 0.25) is 5.91 Å². The van der Waals surface area contributed by atoms with Gasteiger partial charge in [-0.05, 0) is 19.0 Å². The van der Waals surface area contributed by atoms with E-state index in [-0.39, 0.29) is 0 Å². The number of nitrogens with zero attached hydrogens (tertiary/aromatic N) is 1. The summed E-state index contributed by atoms with van der Waals surface area (Å²) in [6, 6.07) is 1.47. The molecule has 2 N–H and O–H groups in total. The highest BCUT2D eigenvalue weighted by atomic mass is 19.2. The molecule has 1 fully saturated rings. The molecule has 8 heteroatoms. The molecule has 0 bridgehead atoms. The number of amides is 1. The molecule has 0 spiro atoms. The van der Waals surface area contributed by atoms with Crippen molar-refractivity contribution in [3.05, 3.63) is 33.9 Å². The first-order chi connectivity index (χ1) is 9.00. The summed E-state index contributed by atoms with van der Waals surface area (Å²) < 4.78 is 26.6. The Bertz CT molecular complexity index is 530. The molecule has 1 aliphatic rings. The lowest BCUT2D eigenvalue weighted by molar-refractivity contribution is -0.384. The number of hydrogen-bond donors (Lipinski definition) is 2. The van der Waals surface area contributed by atoms with Crippen LogP contribution >= 0.6 is 0 Å². The Labute approximate surface area is 106 Å². The van der Waals surface area contributed by atoms with Crippen LogP contribution in [0.5, 0.6) is 0 Å². The summed E-state index contributed by atoms with van der Waals surface area (Å²) in [5.41, 5.74) is -1.39. The second-order valence-electron chi connectivity index (χ2n) is 4.19. The molecule has 1 unspecified atom stereocenters. The molecule has 1 atom stereocenters. The monoisotopic (exact) mass is 271 g/mol. The van der Waals surface area contributed by atoms with Gasteiger partial charge in [-0.2, -0.15) is 0 Å². The first-order valence-electron chi connectivity index (χ1n) is 5.64. The van der Waals surface area contributed by atoms with Crippen LogP contribution in [0.3, 0.4) is 0 Å². The van der Waals surface area contributed by atoms with Gasteiger partial charge in [0.25, 0.3) is 5.69 Å². The van der Waals surface area contributed by atoms with Gasteiger partial charge >= 0.3 is 0 Å². The van der Waals surface area contributed by atoms with Gasteiger partial charge in [0.05, 0.1) is 10.8 Å². The van der Waals surface area contributed by atoms with Crippen LogP contribution in [0.1, 0.15) is 6.42 Å². The van der Waals surface area contributed by atoms with E-state index >= 15 is 0 Å². The number of nitrogens with one attached hydrogen (secondary N) is 2. The third-order valence-electron chi connectivity index (χ3n) is 2.95. The number of carbonyl (C=O) groups excluding carboxylic acids is 1. The lowest BCUT2D eigenvalue weighted by atomic mass is 10.1. The van der Waals surface area contributed by atoms with Crippen molar-refractivity contribution >= 4 is 17.3 Å². The van der Waals surface area contributed by atoms with Gasteiger partial charge in [-0.25, -0.2) is 8.78 Å². The summed E-state index contributed by atoms with van der Waals surface area (Å²) >= 11 is 0. The van der Waals surface area contributed by atoms with E-state index in [1.807, 2.05) is 0 Å². The molecular formula is C11H11F2N3O3. The number of nitro groups is 1. The summed E-state index contributed by atoms with van der Waals surface area (Å²) in [6.45, 7) is 1.06. The smallest absolute Gasteiger partial charge is 0.296 e. The topological polar surface area (TPSA) is 84.3 Å². The van der Waals surface area contributed by atoms with Crippen molar-refractivity contribution in [1.82, 2.24) is 5.32 Å². The Balaban J connectivity index is 2.29. The maximum atomic E-state index is 13.6. The van der Waals surface area contributed by atoms with E-state index in [0.29, 0.717) is 25.6 Å². The van der Waals surface area contributed by atoms with Gasteiger partial charge in [-0.15, -0.1) is 0 Å². The molecule has 1 aliphatic heterocycles. The summed E-state index contributed by atoms with van der Waals surface area (Å²) in [5.74, 6) is -3.63. The van der Waals surface area contributed by atoms with E-state index in [9.17, 15) is 23.7 Å². The molecule has 1 saturated heterocycles. The fourth-order valence-corrected chi connectivity index (χ4v) is 1.92. The highest BCUT2D eigenvalue weighted by Crippen LogP contribution is 2.29. The quantitative estimate of drug-likeness (QED) is 0.643. The fourth-order valence-electron chi connectivity index (χ4n) is 1.92. The Morgan fingerprint density at radius 2 is 2.21 bits per heavy atom. The maximum absolute atomic E-state index is 13.6. The zero-order valence-electron chi connectivity index (χ0n) is 9.78. The van der Waals surface area contributed by atoms with Crippen molar-refractivity contribution in [2.24, 2.45) is 5.92 Å². The molecule has 2 rings (SSSR count). The largest absolute Gasteiger partial charge is 0.318 e. The van der Waals surface area contributed by atoms with Crippen LogP contribution in [0, 0.1) is 27.7 Å². The van der Waals surface area contributed by atoms with Crippen molar-refractivity contribution in [2.45, 2.75) is 6.42 Å². The highest BCUT2D eigenvalue weighted by molar-refractivity contribution is 5.95. The number of nitro benzene ring substituents is 1. The predicted molar refractivity (Wildman–Crippen MR) is 62.6 cm³/mol. The van der Waals surface area contributed by atoms with Crippen LogP contribution in [0.25, 0.3) is 0 Å². The zero-order valence-corrected chi connectivity index (χ0v) is 9.78.